The second-order valence-electron chi connectivity index (χ2n) is 11.0. The smallest absolute Gasteiger partial charge is 0.252 e. The van der Waals surface area contributed by atoms with Crippen LogP contribution < -0.4 is 10.6 Å². The fourth-order valence-electron chi connectivity index (χ4n) is 5.27. The molecule has 1 aliphatic heterocycles. The molecule has 2 heterocycles. The number of anilines is 1. The minimum Gasteiger partial charge on any atom is -0.379 e. The number of carbonyl (C=O) groups is 3. The first-order valence-electron chi connectivity index (χ1n) is 15.0. The number of hydrogen-bond acceptors (Lipinski definition) is 5. The number of ether oxygens (including phenoxy) is 1. The summed E-state index contributed by atoms with van der Waals surface area (Å²) in [7, 11) is 0. The molecular weight excluding hydrogens is 528 g/mol. The highest BCUT2D eigenvalue weighted by molar-refractivity contribution is 5.99. The molecular formula is C34H42N4O4. The maximum Gasteiger partial charge on any atom is 0.252 e. The summed E-state index contributed by atoms with van der Waals surface area (Å²) >= 11 is 0. The van der Waals surface area contributed by atoms with Crippen molar-refractivity contribution in [1.82, 2.24) is 15.2 Å². The summed E-state index contributed by atoms with van der Waals surface area (Å²) in [6.45, 7) is 5.33. The third kappa shape index (κ3) is 8.98. The molecule has 3 aromatic rings. The number of pyridine rings is 1. The van der Waals surface area contributed by atoms with Crippen LogP contribution in [0.3, 0.4) is 0 Å². The molecule has 4 rings (SSSR count). The highest BCUT2D eigenvalue weighted by Crippen LogP contribution is 2.33. The molecule has 1 aromatic heterocycles. The predicted molar refractivity (Wildman–Crippen MR) is 164 cm³/mol. The Labute approximate surface area is 248 Å². The first-order valence-corrected chi connectivity index (χ1v) is 15.0. The van der Waals surface area contributed by atoms with Gasteiger partial charge in [-0.05, 0) is 81.3 Å². The third-order valence-corrected chi connectivity index (χ3v) is 7.42. The molecule has 2 N–H and O–H groups in total. The van der Waals surface area contributed by atoms with Crippen LogP contribution in [0.4, 0.5) is 5.69 Å². The number of carbonyl (C=O) groups excluding carboxylic acids is 3. The van der Waals surface area contributed by atoms with Crippen molar-refractivity contribution in [3.05, 3.63) is 95.8 Å². The third-order valence-electron chi connectivity index (χ3n) is 7.42. The van der Waals surface area contributed by atoms with E-state index in [1.54, 1.807) is 30.5 Å². The Morgan fingerprint density at radius 3 is 2.57 bits per heavy atom. The van der Waals surface area contributed by atoms with E-state index < -0.39 is 6.04 Å². The van der Waals surface area contributed by atoms with Gasteiger partial charge in [0.1, 0.15) is 6.04 Å². The van der Waals surface area contributed by atoms with E-state index in [1.165, 1.54) is 0 Å². The number of likely N-dealkylation sites (tertiary alicyclic amines) is 1. The fourth-order valence-corrected chi connectivity index (χ4v) is 5.27. The average molecular weight is 571 g/mol. The minimum absolute atomic E-state index is 0.0932. The van der Waals surface area contributed by atoms with Gasteiger partial charge in [0.05, 0.1) is 12.1 Å². The van der Waals surface area contributed by atoms with Crippen LogP contribution in [0.25, 0.3) is 0 Å². The van der Waals surface area contributed by atoms with E-state index in [0.717, 1.165) is 49.7 Å². The van der Waals surface area contributed by atoms with Crippen molar-refractivity contribution >= 4 is 23.4 Å². The Bertz CT molecular complexity index is 1300. The first kappa shape index (κ1) is 30.9. The largest absolute Gasteiger partial charge is 0.379 e. The number of unbranched alkanes of at least 4 members (excludes halogenated alkanes) is 2. The lowest BCUT2D eigenvalue weighted by Gasteiger charge is -2.38. The molecule has 1 saturated heterocycles. The van der Waals surface area contributed by atoms with Crippen molar-refractivity contribution in [2.75, 3.05) is 18.5 Å². The molecule has 8 heteroatoms. The summed E-state index contributed by atoms with van der Waals surface area (Å²) in [5, 5.41) is 5.89. The SMILES string of the molecule is CC(C)OCCCCCC(=O)Nc1cccc(C(=O)N[C@H](C(=O)N2CCCC[C@@H]2c2cccnc2)c2ccccc2)c1. The summed E-state index contributed by atoms with van der Waals surface area (Å²) in [6.07, 6.45) is 9.54. The molecule has 42 heavy (non-hydrogen) atoms. The number of rotatable bonds is 13. The van der Waals surface area contributed by atoms with Crippen LogP contribution in [-0.4, -0.2) is 46.9 Å². The van der Waals surface area contributed by atoms with Crippen molar-refractivity contribution < 1.29 is 19.1 Å². The van der Waals surface area contributed by atoms with Gasteiger partial charge in [-0.15, -0.1) is 0 Å². The summed E-state index contributed by atoms with van der Waals surface area (Å²) in [4.78, 5) is 46.3. The van der Waals surface area contributed by atoms with Crippen LogP contribution in [-0.2, 0) is 14.3 Å². The Balaban J connectivity index is 1.43. The van der Waals surface area contributed by atoms with Crippen molar-refractivity contribution in [1.29, 1.82) is 0 Å². The Kier molecular flexibility index (Phi) is 11.6. The topological polar surface area (TPSA) is 101 Å². The number of amides is 3. The van der Waals surface area contributed by atoms with Gasteiger partial charge in [0.15, 0.2) is 0 Å². The molecule has 8 nitrogen and oxygen atoms in total. The van der Waals surface area contributed by atoms with Gasteiger partial charge >= 0.3 is 0 Å². The van der Waals surface area contributed by atoms with E-state index >= 15 is 0 Å². The molecule has 1 fully saturated rings. The zero-order valence-corrected chi connectivity index (χ0v) is 24.6. The van der Waals surface area contributed by atoms with Crippen molar-refractivity contribution in [3.63, 3.8) is 0 Å². The Hall–Kier alpha value is -4.04. The van der Waals surface area contributed by atoms with Crippen molar-refractivity contribution in [3.8, 4) is 0 Å². The van der Waals surface area contributed by atoms with Gasteiger partial charge in [0.2, 0.25) is 11.8 Å². The molecule has 0 radical (unpaired) electrons. The number of hydrogen-bond donors (Lipinski definition) is 2. The van der Waals surface area contributed by atoms with Crippen LogP contribution in [0.15, 0.2) is 79.1 Å². The number of nitrogens with zero attached hydrogens (tertiary/aromatic N) is 2. The van der Waals surface area contributed by atoms with Gasteiger partial charge in [0, 0.05) is 43.2 Å². The van der Waals surface area contributed by atoms with E-state index in [2.05, 4.69) is 15.6 Å². The van der Waals surface area contributed by atoms with E-state index in [-0.39, 0.29) is 29.9 Å². The Morgan fingerprint density at radius 1 is 0.976 bits per heavy atom. The number of piperidine rings is 1. The van der Waals surface area contributed by atoms with Crippen LogP contribution in [0.1, 0.15) is 92.4 Å². The van der Waals surface area contributed by atoms with E-state index in [9.17, 15) is 14.4 Å². The van der Waals surface area contributed by atoms with Gasteiger partial charge in [-0.3, -0.25) is 19.4 Å². The number of nitrogens with one attached hydrogen (secondary N) is 2. The summed E-state index contributed by atoms with van der Waals surface area (Å²) in [5.74, 6) is -0.624. The average Bonchev–Trinajstić information content (AvgIpc) is 3.02. The minimum atomic E-state index is -0.853. The zero-order valence-electron chi connectivity index (χ0n) is 24.6. The quantitative estimate of drug-likeness (QED) is 0.237. The second-order valence-corrected chi connectivity index (χ2v) is 11.0. The van der Waals surface area contributed by atoms with Gasteiger partial charge < -0.3 is 20.3 Å². The van der Waals surface area contributed by atoms with Crippen LogP contribution in [0, 0.1) is 0 Å². The Morgan fingerprint density at radius 2 is 1.81 bits per heavy atom. The van der Waals surface area contributed by atoms with E-state index in [0.29, 0.717) is 30.8 Å². The van der Waals surface area contributed by atoms with Gasteiger partial charge in [-0.1, -0.05) is 48.9 Å². The standard InChI is InChI=1S/C34H42N4O4/c1-25(2)42-22-10-4-7-19-31(39)36-29-17-11-15-27(23-29)33(40)37-32(26-13-5-3-6-14-26)34(41)38-21-9-8-18-30(38)28-16-12-20-35-24-28/h3,5-6,11-17,20,23-25,30,32H,4,7-10,18-19,21-22H2,1-2H3,(H,36,39)(H,37,40)/t30-,32+/m1/s1. The zero-order chi connectivity index (χ0) is 29.7. The first-order chi connectivity index (χ1) is 20.4. The highest BCUT2D eigenvalue weighted by Gasteiger charge is 2.34. The molecule has 2 atom stereocenters. The lowest BCUT2D eigenvalue weighted by Crippen LogP contribution is -2.46. The normalized spacial score (nSPS) is 15.7. The second kappa shape index (κ2) is 15.8. The summed E-state index contributed by atoms with van der Waals surface area (Å²) in [5.41, 5.74) is 2.63. The highest BCUT2D eigenvalue weighted by atomic mass is 16.5. The summed E-state index contributed by atoms with van der Waals surface area (Å²) < 4.78 is 5.55. The molecule has 0 unspecified atom stereocenters. The van der Waals surface area contributed by atoms with Crippen molar-refractivity contribution in [2.24, 2.45) is 0 Å². The number of benzene rings is 2. The molecule has 0 aliphatic carbocycles. The van der Waals surface area contributed by atoms with Crippen LogP contribution in [0.5, 0.6) is 0 Å². The number of aromatic nitrogens is 1. The lowest BCUT2D eigenvalue weighted by molar-refractivity contribution is -0.137. The maximum absolute atomic E-state index is 14.1. The molecule has 222 valence electrons. The van der Waals surface area contributed by atoms with Crippen LogP contribution >= 0.6 is 0 Å². The molecule has 3 amide bonds. The van der Waals surface area contributed by atoms with E-state index in [4.69, 9.17) is 4.74 Å². The summed E-state index contributed by atoms with van der Waals surface area (Å²) in [6, 6.07) is 19.1. The monoisotopic (exact) mass is 570 g/mol. The predicted octanol–water partition coefficient (Wildman–Crippen LogP) is 6.23. The molecule has 0 saturated carbocycles. The molecule has 2 aromatic carbocycles. The fraction of sp³-hybridized carbons (Fsp3) is 0.412. The molecule has 0 spiro atoms. The lowest BCUT2D eigenvalue weighted by atomic mass is 9.94. The van der Waals surface area contributed by atoms with Gasteiger partial charge in [-0.2, -0.15) is 0 Å². The van der Waals surface area contributed by atoms with Crippen LogP contribution in [0.2, 0.25) is 0 Å². The van der Waals surface area contributed by atoms with E-state index in [1.807, 2.05) is 67.4 Å². The maximum atomic E-state index is 14.1. The van der Waals surface area contributed by atoms with Crippen molar-refractivity contribution in [2.45, 2.75) is 77.0 Å². The molecule has 0 bridgehead atoms. The molecule has 1 aliphatic rings. The van der Waals surface area contributed by atoms with Gasteiger partial charge in [-0.25, -0.2) is 0 Å². The van der Waals surface area contributed by atoms with Gasteiger partial charge in [0.25, 0.3) is 5.91 Å².